The van der Waals surface area contributed by atoms with E-state index in [0.29, 0.717) is 41.4 Å². The summed E-state index contributed by atoms with van der Waals surface area (Å²) in [5, 5.41) is 27.8. The quantitative estimate of drug-likeness (QED) is 0.0990. The highest BCUT2D eigenvalue weighted by molar-refractivity contribution is 5.91. The molecule has 1 saturated heterocycles. The van der Waals surface area contributed by atoms with Crippen LogP contribution in [0.3, 0.4) is 0 Å². The molecule has 7 rings (SSSR count). The van der Waals surface area contributed by atoms with Crippen LogP contribution in [0.4, 0.5) is 10.5 Å². The first-order chi connectivity index (χ1) is 24.4. The van der Waals surface area contributed by atoms with Gasteiger partial charge in [0, 0.05) is 43.2 Å². The molecule has 9 heteroatoms. The van der Waals surface area contributed by atoms with Gasteiger partial charge in [0.2, 0.25) is 5.56 Å². The number of nitrogens with one attached hydrogen (secondary N) is 3. The van der Waals surface area contributed by atoms with Gasteiger partial charge in [-0.25, -0.2) is 4.79 Å². The number of benzene rings is 4. The minimum absolute atomic E-state index is 0.0167. The third-order valence-electron chi connectivity index (χ3n) is 10.2. The van der Waals surface area contributed by atoms with Crippen molar-refractivity contribution in [2.45, 2.75) is 37.9 Å². The number of phenols is 1. The van der Waals surface area contributed by atoms with Gasteiger partial charge in [-0.2, -0.15) is 0 Å². The standard InChI is InChI=1S/C41H44N4O5/c46-37-16-14-34(35-15-17-39(48)44-40(35)37)38(47)24-42-20-18-27-10-12-28(13-11-27)19-21-45-25-30-22-32(23-31(30)26-45)50-41(49)43-36-9-5-4-8-33(36)29-6-2-1-3-7-29/h1-17,30-32,38,42,46-47H,18-26H2,(H,43,49)(H,44,48)/t30-,31+,32-,38-/m0/s1. The van der Waals surface area contributed by atoms with Crippen molar-refractivity contribution in [3.05, 3.63) is 130 Å². The summed E-state index contributed by atoms with van der Waals surface area (Å²) in [5.41, 5.74) is 6.04. The van der Waals surface area contributed by atoms with Crippen LogP contribution in [0.1, 0.15) is 35.6 Å². The number of carbonyl (C=O) groups excluding carboxylic acids is 1. The molecule has 5 N–H and O–H groups in total. The maximum atomic E-state index is 12.9. The van der Waals surface area contributed by atoms with Crippen molar-refractivity contribution < 1.29 is 19.7 Å². The van der Waals surface area contributed by atoms with Gasteiger partial charge in [-0.05, 0) is 84.5 Å². The monoisotopic (exact) mass is 672 g/mol. The number of aromatic amines is 1. The van der Waals surface area contributed by atoms with Crippen LogP contribution in [-0.4, -0.2) is 65.0 Å². The summed E-state index contributed by atoms with van der Waals surface area (Å²) in [6, 6.07) is 32.9. The molecule has 50 heavy (non-hydrogen) atoms. The van der Waals surface area contributed by atoms with Crippen LogP contribution in [0.2, 0.25) is 0 Å². The third kappa shape index (κ3) is 7.91. The van der Waals surface area contributed by atoms with Crippen molar-refractivity contribution in [3.8, 4) is 16.9 Å². The summed E-state index contributed by atoms with van der Waals surface area (Å²) in [6.45, 7) is 4.20. The van der Waals surface area contributed by atoms with E-state index in [1.165, 1.54) is 23.3 Å². The zero-order valence-electron chi connectivity index (χ0n) is 28.1. The number of amides is 1. The van der Waals surface area contributed by atoms with Gasteiger partial charge >= 0.3 is 6.09 Å². The van der Waals surface area contributed by atoms with E-state index >= 15 is 0 Å². The minimum Gasteiger partial charge on any atom is -0.506 e. The van der Waals surface area contributed by atoms with Crippen LogP contribution in [0.15, 0.2) is 108 Å². The Kier molecular flexibility index (Phi) is 10.3. The van der Waals surface area contributed by atoms with Crippen LogP contribution in [0.25, 0.3) is 22.0 Å². The highest BCUT2D eigenvalue weighted by Gasteiger charge is 2.42. The number of rotatable bonds is 12. The number of phenolic OH excluding ortho intramolecular Hbond substituents is 1. The molecule has 1 aromatic heterocycles. The van der Waals surface area contributed by atoms with E-state index in [4.69, 9.17) is 4.74 Å². The molecule has 2 heterocycles. The first-order valence-corrected chi connectivity index (χ1v) is 17.6. The van der Waals surface area contributed by atoms with Gasteiger partial charge in [-0.1, -0.05) is 78.9 Å². The fourth-order valence-corrected chi connectivity index (χ4v) is 7.66. The molecule has 0 spiro atoms. The van der Waals surface area contributed by atoms with Gasteiger partial charge in [0.05, 0.1) is 17.3 Å². The topological polar surface area (TPSA) is 127 Å². The lowest BCUT2D eigenvalue weighted by molar-refractivity contribution is 0.106. The fraction of sp³-hybridized carbons (Fsp3) is 0.317. The van der Waals surface area contributed by atoms with Gasteiger partial charge in [0.1, 0.15) is 11.9 Å². The smallest absolute Gasteiger partial charge is 0.411 e. The predicted molar refractivity (Wildman–Crippen MR) is 196 cm³/mol. The number of aromatic hydroxyl groups is 1. The van der Waals surface area contributed by atoms with Gasteiger partial charge in [0.15, 0.2) is 0 Å². The number of likely N-dealkylation sites (tertiary alicyclic amines) is 1. The van der Waals surface area contributed by atoms with E-state index in [0.717, 1.165) is 62.1 Å². The molecule has 258 valence electrons. The molecule has 0 radical (unpaired) electrons. The number of fused-ring (bicyclic) bond motifs is 2. The molecular weight excluding hydrogens is 628 g/mol. The molecule has 1 amide bonds. The van der Waals surface area contributed by atoms with Crippen molar-refractivity contribution in [1.29, 1.82) is 0 Å². The van der Waals surface area contributed by atoms with Crippen molar-refractivity contribution in [1.82, 2.24) is 15.2 Å². The van der Waals surface area contributed by atoms with Crippen LogP contribution in [0.5, 0.6) is 5.75 Å². The molecular formula is C41H44N4O5. The van der Waals surface area contributed by atoms with Crippen LogP contribution < -0.4 is 16.2 Å². The maximum absolute atomic E-state index is 12.9. The SMILES string of the molecule is O=C(Nc1ccccc1-c1ccccc1)O[C@@H]1C[C@@H]2CN(CCc3ccc(CCNC[C@H](O)c4ccc(O)c5[nH]c(=O)ccc45)cc3)C[C@@H]2C1. The second-order valence-corrected chi connectivity index (χ2v) is 13.6. The Labute approximate surface area is 291 Å². The van der Waals surface area contributed by atoms with E-state index < -0.39 is 6.10 Å². The summed E-state index contributed by atoms with van der Waals surface area (Å²) in [7, 11) is 0. The molecule has 0 unspecified atom stereocenters. The number of anilines is 1. The molecule has 2 fully saturated rings. The lowest BCUT2D eigenvalue weighted by Crippen LogP contribution is -2.27. The first-order valence-electron chi connectivity index (χ1n) is 17.6. The molecule has 2 aliphatic rings. The molecule has 9 nitrogen and oxygen atoms in total. The highest BCUT2D eigenvalue weighted by Crippen LogP contribution is 2.40. The number of aliphatic hydroxyl groups excluding tert-OH is 1. The number of pyridine rings is 1. The molecule has 4 atom stereocenters. The zero-order chi connectivity index (χ0) is 34.5. The average Bonchev–Trinajstić information content (AvgIpc) is 3.69. The average molecular weight is 673 g/mol. The van der Waals surface area contributed by atoms with E-state index in [2.05, 4.69) is 44.8 Å². The molecule has 1 aliphatic carbocycles. The Bertz CT molecular complexity index is 1970. The number of aliphatic hydroxyl groups is 1. The zero-order valence-corrected chi connectivity index (χ0v) is 28.1. The molecule has 1 aliphatic heterocycles. The minimum atomic E-state index is -0.775. The van der Waals surface area contributed by atoms with Crippen LogP contribution >= 0.6 is 0 Å². The van der Waals surface area contributed by atoms with Gasteiger partial charge in [-0.15, -0.1) is 0 Å². The number of para-hydroxylation sites is 1. The number of ether oxygens (including phenoxy) is 1. The summed E-state index contributed by atoms with van der Waals surface area (Å²) in [6.07, 6.45) is 2.48. The Morgan fingerprint density at radius 3 is 2.32 bits per heavy atom. The Morgan fingerprint density at radius 2 is 1.56 bits per heavy atom. The van der Waals surface area contributed by atoms with E-state index in [1.807, 2.05) is 54.6 Å². The Morgan fingerprint density at radius 1 is 0.860 bits per heavy atom. The molecule has 1 saturated carbocycles. The largest absolute Gasteiger partial charge is 0.506 e. The lowest BCUT2D eigenvalue weighted by Gasteiger charge is -2.20. The van der Waals surface area contributed by atoms with Gasteiger partial charge in [0.25, 0.3) is 0 Å². The Balaban J connectivity index is 0.809. The Hall–Kier alpha value is -4.96. The fourth-order valence-electron chi connectivity index (χ4n) is 7.66. The highest BCUT2D eigenvalue weighted by atomic mass is 16.6. The maximum Gasteiger partial charge on any atom is 0.411 e. The van der Waals surface area contributed by atoms with Crippen molar-refractivity contribution >= 4 is 22.7 Å². The second-order valence-electron chi connectivity index (χ2n) is 13.6. The summed E-state index contributed by atoms with van der Waals surface area (Å²) in [5.74, 6) is 1.11. The van der Waals surface area contributed by atoms with Crippen molar-refractivity contribution in [3.63, 3.8) is 0 Å². The summed E-state index contributed by atoms with van der Waals surface area (Å²) in [4.78, 5) is 29.7. The van der Waals surface area contributed by atoms with Crippen LogP contribution in [0, 0.1) is 11.8 Å². The molecule has 5 aromatic rings. The van der Waals surface area contributed by atoms with E-state index in [9.17, 15) is 19.8 Å². The van der Waals surface area contributed by atoms with Gasteiger partial charge < -0.3 is 30.2 Å². The molecule has 4 aromatic carbocycles. The third-order valence-corrected chi connectivity index (χ3v) is 10.2. The van der Waals surface area contributed by atoms with Gasteiger partial charge in [-0.3, -0.25) is 10.1 Å². The molecule has 0 bridgehead atoms. The first kappa shape index (κ1) is 33.5. The number of hydrogen-bond acceptors (Lipinski definition) is 7. The normalized spacial score (nSPS) is 19.3. The van der Waals surface area contributed by atoms with E-state index in [1.54, 1.807) is 12.1 Å². The number of nitrogens with zero attached hydrogens (tertiary/aromatic N) is 1. The lowest BCUT2D eigenvalue weighted by atomic mass is 10.0. The number of carbonyl (C=O) groups is 1. The summed E-state index contributed by atoms with van der Waals surface area (Å²) >= 11 is 0. The number of hydrogen-bond donors (Lipinski definition) is 5. The number of H-pyrrole nitrogens is 1. The summed E-state index contributed by atoms with van der Waals surface area (Å²) < 4.78 is 5.90. The van der Waals surface area contributed by atoms with Crippen molar-refractivity contribution in [2.24, 2.45) is 11.8 Å². The second kappa shape index (κ2) is 15.3. The number of aromatic nitrogens is 1. The predicted octanol–water partition coefficient (Wildman–Crippen LogP) is 6.27. The van der Waals surface area contributed by atoms with Crippen molar-refractivity contribution in [2.75, 3.05) is 38.0 Å². The van der Waals surface area contributed by atoms with Crippen LogP contribution in [-0.2, 0) is 17.6 Å². The van der Waals surface area contributed by atoms with E-state index in [-0.39, 0.29) is 23.5 Å².